The number of likely N-dealkylation sites (tertiary alicyclic amines) is 1. The Kier molecular flexibility index (Phi) is 7.45. The van der Waals surface area contributed by atoms with Crippen molar-refractivity contribution in [3.8, 4) is 0 Å². The molecule has 0 unspecified atom stereocenters. The Hall–Kier alpha value is -2.00. The van der Waals surface area contributed by atoms with Gasteiger partial charge in [-0.2, -0.15) is 0 Å². The summed E-state index contributed by atoms with van der Waals surface area (Å²) in [6.07, 6.45) is 0.732. The van der Waals surface area contributed by atoms with Gasteiger partial charge in [-0.25, -0.2) is 0 Å². The second-order valence-corrected chi connectivity index (χ2v) is 9.69. The van der Waals surface area contributed by atoms with E-state index in [1.165, 1.54) is 0 Å². The number of aliphatic hydroxyl groups is 1. The molecule has 2 aliphatic rings. The molecule has 2 aromatic carbocycles. The van der Waals surface area contributed by atoms with Crippen molar-refractivity contribution in [3.05, 3.63) is 74.2 Å². The average molecular weight is 564 g/mol. The highest BCUT2D eigenvalue weighted by molar-refractivity contribution is 9.10. The van der Waals surface area contributed by atoms with E-state index in [4.69, 9.17) is 4.74 Å². The largest absolute Gasteiger partial charge is 0.507 e. The van der Waals surface area contributed by atoms with Crippen LogP contribution in [0.25, 0.3) is 5.76 Å². The zero-order valence-electron chi connectivity index (χ0n) is 17.5. The number of benzene rings is 2. The van der Waals surface area contributed by atoms with Crippen LogP contribution in [-0.2, 0) is 14.3 Å². The maximum absolute atomic E-state index is 13.1. The standard InChI is InChI=1S/C24H24Br2N2O4/c25-18-7-5-16(6-8-18)22(29)20-21(17-3-1-4-19(26)15-17)28(24(31)23(20)30)10-2-9-27-11-13-32-14-12-27/h1,3-8,15,21,29H,2,9-14H2/t21-/m1/s1. The van der Waals surface area contributed by atoms with E-state index >= 15 is 0 Å². The smallest absolute Gasteiger partial charge is 0.295 e. The van der Waals surface area contributed by atoms with Crippen molar-refractivity contribution in [3.63, 3.8) is 0 Å². The molecule has 2 aliphatic heterocycles. The van der Waals surface area contributed by atoms with E-state index < -0.39 is 17.7 Å². The summed E-state index contributed by atoms with van der Waals surface area (Å²) in [4.78, 5) is 30.0. The predicted molar refractivity (Wildman–Crippen MR) is 129 cm³/mol. The molecule has 6 nitrogen and oxygen atoms in total. The Morgan fingerprint density at radius 2 is 1.72 bits per heavy atom. The molecule has 1 atom stereocenters. The van der Waals surface area contributed by atoms with Crippen LogP contribution in [0.4, 0.5) is 0 Å². The molecule has 2 aromatic rings. The fraction of sp³-hybridized carbons (Fsp3) is 0.333. The molecule has 32 heavy (non-hydrogen) atoms. The summed E-state index contributed by atoms with van der Waals surface area (Å²) in [5.74, 6) is -1.38. The summed E-state index contributed by atoms with van der Waals surface area (Å²) in [5, 5.41) is 11.1. The number of carbonyl (C=O) groups excluding carboxylic acids is 2. The van der Waals surface area contributed by atoms with Gasteiger partial charge in [-0.05, 0) is 36.2 Å². The van der Waals surface area contributed by atoms with Gasteiger partial charge in [-0.3, -0.25) is 14.5 Å². The summed E-state index contributed by atoms with van der Waals surface area (Å²) < 4.78 is 7.10. The lowest BCUT2D eigenvalue weighted by Crippen LogP contribution is -2.38. The lowest BCUT2D eigenvalue weighted by molar-refractivity contribution is -0.140. The van der Waals surface area contributed by atoms with Gasteiger partial charge in [0.2, 0.25) is 0 Å². The fourth-order valence-electron chi connectivity index (χ4n) is 4.19. The fourth-order valence-corrected chi connectivity index (χ4v) is 4.87. The molecule has 4 rings (SSSR count). The van der Waals surface area contributed by atoms with Gasteiger partial charge in [0.15, 0.2) is 0 Å². The number of nitrogens with zero attached hydrogens (tertiary/aromatic N) is 2. The third-order valence-electron chi connectivity index (χ3n) is 5.80. The number of ether oxygens (including phenoxy) is 1. The monoisotopic (exact) mass is 562 g/mol. The van der Waals surface area contributed by atoms with E-state index in [1.807, 2.05) is 24.3 Å². The second-order valence-electron chi connectivity index (χ2n) is 7.86. The quantitative estimate of drug-likeness (QED) is 0.321. The van der Waals surface area contributed by atoms with Gasteiger partial charge in [0.25, 0.3) is 11.7 Å². The average Bonchev–Trinajstić information content (AvgIpc) is 3.05. The predicted octanol–water partition coefficient (Wildman–Crippen LogP) is 4.36. The molecule has 2 fully saturated rings. The highest BCUT2D eigenvalue weighted by Gasteiger charge is 2.45. The van der Waals surface area contributed by atoms with E-state index in [0.29, 0.717) is 12.1 Å². The Morgan fingerprint density at radius 3 is 2.41 bits per heavy atom. The summed E-state index contributed by atoms with van der Waals surface area (Å²) in [6, 6.07) is 13.9. The highest BCUT2D eigenvalue weighted by Crippen LogP contribution is 2.40. The van der Waals surface area contributed by atoms with E-state index in [-0.39, 0.29) is 11.3 Å². The van der Waals surface area contributed by atoms with Crippen molar-refractivity contribution >= 4 is 49.3 Å². The molecule has 168 valence electrons. The summed E-state index contributed by atoms with van der Waals surface area (Å²) >= 11 is 6.87. The van der Waals surface area contributed by atoms with Gasteiger partial charge in [-0.15, -0.1) is 0 Å². The van der Waals surface area contributed by atoms with E-state index in [0.717, 1.165) is 53.8 Å². The number of morpholine rings is 1. The van der Waals surface area contributed by atoms with Gasteiger partial charge >= 0.3 is 0 Å². The molecule has 1 amide bonds. The molecule has 0 bridgehead atoms. The molecule has 0 saturated carbocycles. The van der Waals surface area contributed by atoms with Crippen LogP contribution in [0.15, 0.2) is 63.0 Å². The first-order valence-corrected chi connectivity index (χ1v) is 12.1. The Balaban J connectivity index is 1.67. The zero-order chi connectivity index (χ0) is 22.7. The number of Topliss-reactive ketones (excluding diaryl/α,β-unsaturated/α-hetero) is 1. The molecule has 2 heterocycles. The first kappa shape index (κ1) is 23.2. The maximum atomic E-state index is 13.1. The molecular weight excluding hydrogens is 540 g/mol. The minimum absolute atomic E-state index is 0.127. The number of ketones is 1. The number of halogens is 2. The second kappa shape index (κ2) is 10.3. The lowest BCUT2D eigenvalue weighted by atomic mass is 9.95. The molecule has 0 aromatic heterocycles. The number of amides is 1. The number of hydrogen-bond acceptors (Lipinski definition) is 5. The molecule has 2 saturated heterocycles. The van der Waals surface area contributed by atoms with Crippen molar-refractivity contribution in [2.24, 2.45) is 0 Å². The van der Waals surface area contributed by atoms with Crippen LogP contribution in [0.2, 0.25) is 0 Å². The van der Waals surface area contributed by atoms with Gasteiger partial charge in [0.1, 0.15) is 5.76 Å². The van der Waals surface area contributed by atoms with Gasteiger partial charge in [0.05, 0.1) is 24.8 Å². The molecule has 1 N–H and O–H groups in total. The Morgan fingerprint density at radius 1 is 1.00 bits per heavy atom. The van der Waals surface area contributed by atoms with Gasteiger partial charge in [-0.1, -0.05) is 56.1 Å². The number of aliphatic hydroxyl groups excluding tert-OH is 1. The molecule has 0 spiro atoms. The summed E-state index contributed by atoms with van der Waals surface area (Å²) in [6.45, 7) is 4.43. The van der Waals surface area contributed by atoms with E-state index in [1.54, 1.807) is 29.2 Å². The van der Waals surface area contributed by atoms with Crippen molar-refractivity contribution in [2.75, 3.05) is 39.4 Å². The van der Waals surface area contributed by atoms with Crippen molar-refractivity contribution in [2.45, 2.75) is 12.5 Å². The van der Waals surface area contributed by atoms with Crippen LogP contribution < -0.4 is 0 Å². The van der Waals surface area contributed by atoms with Crippen LogP contribution in [0.1, 0.15) is 23.6 Å². The molecule has 0 aliphatic carbocycles. The molecular formula is C24H24Br2N2O4. The van der Waals surface area contributed by atoms with Crippen molar-refractivity contribution in [1.29, 1.82) is 0 Å². The summed E-state index contributed by atoms with van der Waals surface area (Å²) in [7, 11) is 0. The van der Waals surface area contributed by atoms with E-state index in [9.17, 15) is 14.7 Å². The SMILES string of the molecule is O=C1C(=O)N(CCCN2CCOCC2)[C@H](c2cccc(Br)c2)C1=C(O)c1ccc(Br)cc1. The molecule has 0 radical (unpaired) electrons. The Bertz CT molecular complexity index is 1030. The van der Waals surface area contributed by atoms with Crippen molar-refractivity contribution in [1.82, 2.24) is 9.80 Å². The van der Waals surface area contributed by atoms with E-state index in [2.05, 4.69) is 36.8 Å². The first-order chi connectivity index (χ1) is 15.5. The van der Waals surface area contributed by atoms with Crippen LogP contribution in [0.3, 0.4) is 0 Å². The minimum atomic E-state index is -0.651. The summed E-state index contributed by atoms with van der Waals surface area (Å²) in [5.41, 5.74) is 1.41. The normalized spacial score (nSPS) is 21.3. The van der Waals surface area contributed by atoms with Crippen molar-refractivity contribution < 1.29 is 19.4 Å². The maximum Gasteiger partial charge on any atom is 0.295 e. The van der Waals surface area contributed by atoms with Gasteiger partial charge < -0.3 is 14.7 Å². The topological polar surface area (TPSA) is 70.1 Å². The third-order valence-corrected chi connectivity index (χ3v) is 6.82. The third kappa shape index (κ3) is 4.98. The van der Waals surface area contributed by atoms with Crippen LogP contribution in [0.5, 0.6) is 0 Å². The van der Waals surface area contributed by atoms with Crippen LogP contribution >= 0.6 is 31.9 Å². The minimum Gasteiger partial charge on any atom is -0.507 e. The first-order valence-electron chi connectivity index (χ1n) is 10.6. The number of rotatable bonds is 6. The number of carbonyl (C=O) groups is 2. The Labute approximate surface area is 204 Å². The zero-order valence-corrected chi connectivity index (χ0v) is 20.6. The van der Waals surface area contributed by atoms with Crippen LogP contribution in [-0.4, -0.2) is 66.0 Å². The highest BCUT2D eigenvalue weighted by atomic mass is 79.9. The van der Waals surface area contributed by atoms with Gasteiger partial charge in [0, 0.05) is 40.7 Å². The molecule has 8 heteroatoms. The van der Waals surface area contributed by atoms with Crippen LogP contribution in [0, 0.1) is 0 Å². The lowest BCUT2D eigenvalue weighted by Gasteiger charge is -2.29. The number of hydrogen-bond donors (Lipinski definition) is 1.